The van der Waals surface area contributed by atoms with Crippen LogP contribution in [-0.2, 0) is 9.59 Å². The summed E-state index contributed by atoms with van der Waals surface area (Å²) < 4.78 is 0. The van der Waals surface area contributed by atoms with Crippen molar-refractivity contribution in [3.63, 3.8) is 0 Å². The Morgan fingerprint density at radius 3 is 2.19 bits per heavy atom. The van der Waals surface area contributed by atoms with Crippen molar-refractivity contribution in [2.24, 2.45) is 11.7 Å². The first-order chi connectivity index (χ1) is 7.58. The normalized spacial score (nSPS) is 24.2. The van der Waals surface area contributed by atoms with E-state index in [1.165, 1.54) is 0 Å². The summed E-state index contributed by atoms with van der Waals surface area (Å²) in [7, 11) is 0. The molecular formula is C11H19N3O2. The number of hydrogen-bond donors (Lipinski definition) is 1. The molecule has 0 radical (unpaired) electrons. The molecule has 2 fully saturated rings. The molecule has 16 heavy (non-hydrogen) atoms. The molecule has 90 valence electrons. The summed E-state index contributed by atoms with van der Waals surface area (Å²) in [5.74, 6) is 0.0436. The van der Waals surface area contributed by atoms with Crippen LogP contribution in [-0.4, -0.2) is 53.8 Å². The van der Waals surface area contributed by atoms with E-state index in [0.29, 0.717) is 6.04 Å². The molecule has 2 aliphatic rings. The van der Waals surface area contributed by atoms with Crippen LogP contribution in [0.25, 0.3) is 0 Å². The first kappa shape index (κ1) is 11.4. The maximum atomic E-state index is 11.0. The lowest BCUT2D eigenvalue weighted by Gasteiger charge is -2.47. The van der Waals surface area contributed by atoms with Gasteiger partial charge in [0.25, 0.3) is 0 Å². The van der Waals surface area contributed by atoms with E-state index in [1.54, 1.807) is 6.92 Å². The van der Waals surface area contributed by atoms with Crippen molar-refractivity contribution in [3.05, 3.63) is 0 Å². The first-order valence-corrected chi connectivity index (χ1v) is 5.87. The van der Waals surface area contributed by atoms with Gasteiger partial charge in [0.2, 0.25) is 11.8 Å². The van der Waals surface area contributed by atoms with Crippen LogP contribution in [0.2, 0.25) is 0 Å². The number of rotatable bonds is 2. The molecule has 5 nitrogen and oxygen atoms in total. The summed E-state index contributed by atoms with van der Waals surface area (Å²) in [6.07, 6.45) is 1.73. The van der Waals surface area contributed by atoms with Gasteiger partial charge in [-0.1, -0.05) is 0 Å². The second kappa shape index (κ2) is 4.41. The van der Waals surface area contributed by atoms with Gasteiger partial charge in [0.1, 0.15) is 0 Å². The van der Waals surface area contributed by atoms with Crippen LogP contribution in [0.1, 0.15) is 19.8 Å². The average molecular weight is 225 g/mol. The number of primary amides is 1. The molecule has 0 aliphatic carbocycles. The first-order valence-electron chi connectivity index (χ1n) is 5.87. The van der Waals surface area contributed by atoms with Crippen LogP contribution in [0.5, 0.6) is 0 Å². The van der Waals surface area contributed by atoms with Crippen LogP contribution in [0, 0.1) is 5.92 Å². The maximum Gasteiger partial charge on any atom is 0.220 e. The highest BCUT2D eigenvalue weighted by atomic mass is 16.2. The number of nitrogens with zero attached hydrogens (tertiary/aromatic N) is 2. The van der Waals surface area contributed by atoms with Gasteiger partial charge in [-0.3, -0.25) is 14.5 Å². The molecule has 0 aromatic heterocycles. The van der Waals surface area contributed by atoms with Crippen molar-refractivity contribution in [1.29, 1.82) is 0 Å². The zero-order valence-electron chi connectivity index (χ0n) is 9.69. The fourth-order valence-electron chi connectivity index (χ4n) is 2.49. The lowest BCUT2D eigenvalue weighted by atomic mass is 9.94. The van der Waals surface area contributed by atoms with Gasteiger partial charge in [-0.25, -0.2) is 0 Å². The van der Waals surface area contributed by atoms with Crippen LogP contribution in [0.3, 0.4) is 0 Å². The fraction of sp³-hybridized carbons (Fsp3) is 0.818. The van der Waals surface area contributed by atoms with Crippen LogP contribution in [0.15, 0.2) is 0 Å². The number of carbonyl (C=O) groups excluding carboxylic acids is 2. The maximum absolute atomic E-state index is 11.0. The minimum atomic E-state index is -0.168. The minimum absolute atomic E-state index is 0.0558. The summed E-state index contributed by atoms with van der Waals surface area (Å²) in [4.78, 5) is 26.3. The third-order valence-electron chi connectivity index (χ3n) is 3.76. The number of likely N-dealkylation sites (tertiary alicyclic amines) is 2. The molecule has 2 aliphatic heterocycles. The lowest BCUT2D eigenvalue weighted by molar-refractivity contribution is -0.136. The smallest absolute Gasteiger partial charge is 0.220 e. The summed E-state index contributed by atoms with van der Waals surface area (Å²) in [5.41, 5.74) is 5.29. The molecule has 2 amide bonds. The molecule has 2 heterocycles. The lowest BCUT2D eigenvalue weighted by Crippen LogP contribution is -2.62. The average Bonchev–Trinajstić information content (AvgIpc) is 2.15. The SMILES string of the molecule is CC(=O)N1CC(N2CCC(C(N)=O)CC2)C1. The van der Waals surface area contributed by atoms with Gasteiger partial charge in [-0.15, -0.1) is 0 Å². The van der Waals surface area contributed by atoms with Crippen LogP contribution >= 0.6 is 0 Å². The molecule has 0 bridgehead atoms. The molecule has 0 spiro atoms. The Labute approximate surface area is 95.6 Å². The molecule has 0 atom stereocenters. The van der Waals surface area contributed by atoms with Gasteiger partial charge in [0.15, 0.2) is 0 Å². The molecule has 0 unspecified atom stereocenters. The van der Waals surface area contributed by atoms with E-state index in [0.717, 1.165) is 39.0 Å². The highest BCUT2D eigenvalue weighted by molar-refractivity contribution is 5.76. The van der Waals surface area contributed by atoms with Gasteiger partial charge >= 0.3 is 0 Å². The molecule has 2 rings (SSSR count). The van der Waals surface area contributed by atoms with Crippen molar-refractivity contribution >= 4 is 11.8 Å². The Kier molecular flexibility index (Phi) is 3.14. The molecular weight excluding hydrogens is 206 g/mol. The zero-order valence-corrected chi connectivity index (χ0v) is 9.69. The summed E-state index contributed by atoms with van der Waals surface area (Å²) in [5, 5.41) is 0. The predicted octanol–water partition coefficient (Wildman–Crippen LogP) is -0.586. The van der Waals surface area contributed by atoms with Gasteiger partial charge in [-0.05, 0) is 25.9 Å². The monoisotopic (exact) mass is 225 g/mol. The van der Waals surface area contributed by atoms with E-state index < -0.39 is 0 Å². The standard InChI is InChI=1S/C11H19N3O2/c1-8(15)14-6-10(7-14)13-4-2-9(3-5-13)11(12)16/h9-10H,2-7H2,1H3,(H2,12,16). The largest absolute Gasteiger partial charge is 0.369 e. The van der Waals surface area contributed by atoms with E-state index in [4.69, 9.17) is 5.73 Å². The van der Waals surface area contributed by atoms with E-state index in [1.807, 2.05) is 4.90 Å². The molecule has 0 aromatic carbocycles. The second-order valence-electron chi connectivity index (χ2n) is 4.79. The molecule has 5 heteroatoms. The predicted molar refractivity (Wildman–Crippen MR) is 59.5 cm³/mol. The van der Waals surface area contributed by atoms with Crippen molar-refractivity contribution in [2.75, 3.05) is 26.2 Å². The number of nitrogens with two attached hydrogens (primary N) is 1. The van der Waals surface area contributed by atoms with Gasteiger partial charge in [0, 0.05) is 32.0 Å². The van der Waals surface area contributed by atoms with Gasteiger partial charge < -0.3 is 10.6 Å². The van der Waals surface area contributed by atoms with Crippen molar-refractivity contribution in [3.8, 4) is 0 Å². The number of piperidine rings is 1. The van der Waals surface area contributed by atoms with Crippen LogP contribution in [0.4, 0.5) is 0 Å². The molecule has 0 saturated carbocycles. The summed E-state index contributed by atoms with van der Waals surface area (Å²) in [6.45, 7) is 5.16. The quantitative estimate of drug-likeness (QED) is 0.683. The Morgan fingerprint density at radius 2 is 1.75 bits per heavy atom. The minimum Gasteiger partial charge on any atom is -0.369 e. The van der Waals surface area contributed by atoms with Crippen molar-refractivity contribution in [2.45, 2.75) is 25.8 Å². The van der Waals surface area contributed by atoms with E-state index in [9.17, 15) is 9.59 Å². The van der Waals surface area contributed by atoms with Crippen molar-refractivity contribution < 1.29 is 9.59 Å². The number of carbonyl (C=O) groups is 2. The fourth-order valence-corrected chi connectivity index (χ4v) is 2.49. The second-order valence-corrected chi connectivity index (χ2v) is 4.79. The summed E-state index contributed by atoms with van der Waals surface area (Å²) >= 11 is 0. The van der Waals surface area contributed by atoms with E-state index in [2.05, 4.69) is 4.90 Å². The summed E-state index contributed by atoms with van der Waals surface area (Å²) in [6, 6.07) is 0.498. The number of amides is 2. The van der Waals surface area contributed by atoms with Crippen molar-refractivity contribution in [1.82, 2.24) is 9.80 Å². The number of hydrogen-bond acceptors (Lipinski definition) is 3. The zero-order chi connectivity index (χ0) is 11.7. The van der Waals surface area contributed by atoms with Gasteiger partial charge in [-0.2, -0.15) is 0 Å². The highest BCUT2D eigenvalue weighted by Crippen LogP contribution is 2.22. The third kappa shape index (κ3) is 2.19. The third-order valence-corrected chi connectivity index (χ3v) is 3.76. The van der Waals surface area contributed by atoms with Gasteiger partial charge in [0.05, 0.1) is 0 Å². The topological polar surface area (TPSA) is 66.6 Å². The Balaban J connectivity index is 1.75. The van der Waals surface area contributed by atoms with E-state index in [-0.39, 0.29) is 17.7 Å². The Bertz CT molecular complexity index is 292. The van der Waals surface area contributed by atoms with Crippen LogP contribution < -0.4 is 5.73 Å². The Hall–Kier alpha value is -1.10. The Morgan fingerprint density at radius 1 is 1.19 bits per heavy atom. The molecule has 0 aromatic rings. The van der Waals surface area contributed by atoms with E-state index >= 15 is 0 Å². The highest BCUT2D eigenvalue weighted by Gasteiger charge is 2.35. The molecule has 2 N–H and O–H groups in total. The molecule has 2 saturated heterocycles.